The summed E-state index contributed by atoms with van der Waals surface area (Å²) >= 11 is 3.51. The predicted molar refractivity (Wildman–Crippen MR) is 301 cm³/mol. The molecule has 6 bridgehead atoms. The molecule has 1 aromatic rings. The van der Waals surface area contributed by atoms with Crippen molar-refractivity contribution in [3.8, 4) is 0 Å². The first kappa shape index (κ1) is 59.5. The van der Waals surface area contributed by atoms with Crippen molar-refractivity contribution in [2.45, 2.75) is 267 Å². The lowest BCUT2D eigenvalue weighted by Gasteiger charge is -2.47. The van der Waals surface area contributed by atoms with Crippen molar-refractivity contribution in [2.24, 2.45) is 23.7 Å². The Balaban J connectivity index is 0.919. The normalized spacial score (nSPS) is 36.3. The number of carbonyl (C=O) groups is 2. The van der Waals surface area contributed by atoms with Gasteiger partial charge in [-0.15, -0.1) is 0 Å². The molecule has 0 N–H and O–H groups in total. The molecule has 0 amide bonds. The Morgan fingerprint density at radius 2 is 1.55 bits per heavy atom. The maximum Gasteiger partial charge on any atom is 0.338 e. The highest BCUT2D eigenvalue weighted by molar-refractivity contribution is 9.11. The number of Topliss-reactive ketones (excluding diaryl/α,β-unsaturated/α-hetero) is 1. The van der Waals surface area contributed by atoms with Gasteiger partial charge in [0.2, 0.25) is 0 Å². The van der Waals surface area contributed by atoms with Crippen LogP contribution in [0.3, 0.4) is 0 Å². The number of esters is 1. The zero-order valence-corrected chi connectivity index (χ0v) is 51.2. The molecule has 0 aliphatic carbocycles. The minimum atomic E-state index is -1.92. The second-order valence-electron chi connectivity index (χ2n) is 25.5. The summed E-state index contributed by atoms with van der Waals surface area (Å²) in [6, 6.07) is 12.5. The molecule has 8 aliphatic rings. The molecule has 0 saturated carbocycles. The van der Waals surface area contributed by atoms with Crippen LogP contribution in [0.4, 0.5) is 0 Å². The Hall–Kier alpha value is -1.61. The van der Waals surface area contributed by atoms with Crippen molar-refractivity contribution in [2.75, 3.05) is 13.2 Å². The Morgan fingerprint density at radius 1 is 0.853 bits per heavy atom. The lowest BCUT2D eigenvalue weighted by atomic mass is 9.78. The average molecular weight is 1140 g/mol. The zero-order valence-electron chi connectivity index (χ0n) is 47.6. The quantitative estimate of drug-likeness (QED) is 0.0379. The smallest absolute Gasteiger partial charge is 0.338 e. The SMILES string of the molecule is C=C(Br)C[C@@H](CC[C@@]12CC3O[C@H]4C(O1)[C@H]1O[C@@H](CC(=O)CC5[C@H](CC6O[C@@H](CCCO[Si](CC)(CC)CC)C[C@@H](C)C6=C)O[C@H](C[C@H](C)CO[Si](C)(C)C(C)(C)C)[C@@H]5C)CC[C@@H]1O[C@H]4[C@H]3O2)OC(=O)c1ccccc1. The van der Waals surface area contributed by atoms with E-state index in [1.54, 1.807) is 12.1 Å². The van der Waals surface area contributed by atoms with Crippen LogP contribution in [-0.4, -0.2) is 127 Å². The van der Waals surface area contributed by atoms with E-state index in [1.807, 2.05) is 18.2 Å². The molecule has 422 valence electrons. The van der Waals surface area contributed by atoms with Gasteiger partial charge in [-0.25, -0.2) is 4.79 Å². The Labute approximate surface area is 461 Å². The topological polar surface area (TPSA) is 126 Å². The first-order valence-electron chi connectivity index (χ1n) is 29.3. The highest BCUT2D eigenvalue weighted by Crippen LogP contribution is 2.54. The van der Waals surface area contributed by atoms with Crippen molar-refractivity contribution < 1.29 is 56.3 Å². The number of ketones is 1. The minimum Gasteiger partial charge on any atom is -0.458 e. The molecule has 4 unspecified atom stereocenters. The summed E-state index contributed by atoms with van der Waals surface area (Å²) in [7, 11) is -3.57. The van der Waals surface area contributed by atoms with Gasteiger partial charge in [0.1, 0.15) is 42.4 Å². The maximum absolute atomic E-state index is 14.6. The number of hydrogen-bond donors (Lipinski definition) is 0. The molecule has 18 atom stereocenters. The number of rotatable bonds is 26. The van der Waals surface area contributed by atoms with E-state index in [2.05, 4.69) is 104 Å². The first-order valence-corrected chi connectivity index (χ1v) is 35.5. The molecule has 8 fully saturated rings. The Morgan fingerprint density at radius 3 is 2.24 bits per heavy atom. The van der Waals surface area contributed by atoms with Crippen molar-refractivity contribution in [1.29, 1.82) is 0 Å². The molecule has 0 radical (unpaired) electrons. The summed E-state index contributed by atoms with van der Waals surface area (Å²) in [5.74, 6) is -0.303. The fraction of sp³-hybridized carbons (Fsp3) is 0.800. The third-order valence-corrected chi connectivity index (χ3v) is 28.8. The largest absolute Gasteiger partial charge is 0.458 e. The van der Waals surface area contributed by atoms with Gasteiger partial charge in [-0.2, -0.15) is 0 Å². The van der Waals surface area contributed by atoms with Gasteiger partial charge >= 0.3 is 5.97 Å². The minimum absolute atomic E-state index is 0.0000850. The standard InChI is InChI=1S/C60H95BrO12Si2/c1-14-75(15-2,16-3)64-28-20-23-44-30-38(5)40(7)50(66-44)34-51-47(41(8)49(69-51)29-37(4)36-65-74(12,13)59(9,10)11)33-43(62)32-45-24-25-48-53(67-45)57-56-55(70-48)54-52(71-56)35-60(72-54,73-57)27-26-46(31-39(6)61)68-58(63)42-21-18-17-19-22-42/h17-19,21-22,37-38,41,44-57H,6-7,14-16,20,23-36H2,1-5,8-13H3/t37-,38+,41+,44-,45+,46+,47?,48-,49+,50?,51-,52?,53-,54-,55-,56+,57?,60-/m0/s1. The fourth-order valence-electron chi connectivity index (χ4n) is 13.3. The second-order valence-corrected chi connectivity index (χ2v) is 36.2. The van der Waals surface area contributed by atoms with Crippen molar-refractivity contribution in [3.63, 3.8) is 0 Å². The lowest BCUT2D eigenvalue weighted by Crippen LogP contribution is -2.61. The van der Waals surface area contributed by atoms with Gasteiger partial charge < -0.3 is 46.7 Å². The average Bonchev–Trinajstić information content (AvgIpc) is 3.98. The molecule has 15 heteroatoms. The van der Waals surface area contributed by atoms with Gasteiger partial charge in [0, 0.05) is 51.7 Å². The summed E-state index contributed by atoms with van der Waals surface area (Å²) < 4.78 is 68.7. The van der Waals surface area contributed by atoms with Crippen LogP contribution < -0.4 is 0 Å². The van der Waals surface area contributed by atoms with E-state index in [0.29, 0.717) is 69.0 Å². The number of ether oxygens (including phenoxy) is 8. The number of hydrogen-bond acceptors (Lipinski definition) is 12. The van der Waals surface area contributed by atoms with E-state index in [4.69, 9.17) is 46.7 Å². The van der Waals surface area contributed by atoms with Gasteiger partial charge in [0.25, 0.3) is 0 Å². The molecule has 1 aromatic carbocycles. The van der Waals surface area contributed by atoms with E-state index in [9.17, 15) is 9.59 Å². The number of carbonyl (C=O) groups excluding carboxylic acids is 2. The predicted octanol–water partition coefficient (Wildman–Crippen LogP) is 13.2. The summed E-state index contributed by atoms with van der Waals surface area (Å²) in [4.78, 5) is 27.8. The van der Waals surface area contributed by atoms with E-state index >= 15 is 0 Å². The number of benzene rings is 1. The van der Waals surface area contributed by atoms with Gasteiger partial charge in [-0.05, 0) is 127 Å². The van der Waals surface area contributed by atoms with Gasteiger partial charge in [0.15, 0.2) is 22.4 Å². The molecular formula is C60H95BrO12Si2. The number of halogens is 1. The van der Waals surface area contributed by atoms with Crippen LogP contribution in [0.5, 0.6) is 0 Å². The van der Waals surface area contributed by atoms with E-state index in [1.165, 1.54) is 0 Å². The maximum atomic E-state index is 14.6. The summed E-state index contributed by atoms with van der Waals surface area (Å²) in [5, 5.41) is 0.135. The summed E-state index contributed by atoms with van der Waals surface area (Å²) in [5.41, 5.74) is 1.64. The molecule has 8 saturated heterocycles. The molecule has 8 heterocycles. The number of fused-ring (bicyclic) bond motifs is 1. The summed E-state index contributed by atoms with van der Waals surface area (Å²) in [6.07, 6.45) is 5.76. The van der Waals surface area contributed by atoms with Crippen LogP contribution >= 0.6 is 15.9 Å². The van der Waals surface area contributed by atoms with Gasteiger partial charge in [-0.3, -0.25) is 4.79 Å². The van der Waals surface area contributed by atoms with E-state index in [0.717, 1.165) is 73.3 Å². The second kappa shape index (κ2) is 25.0. The van der Waals surface area contributed by atoms with Crippen molar-refractivity contribution >= 4 is 44.3 Å². The van der Waals surface area contributed by atoms with Crippen molar-refractivity contribution in [1.82, 2.24) is 0 Å². The van der Waals surface area contributed by atoms with Crippen molar-refractivity contribution in [3.05, 3.63) is 59.1 Å². The first-order chi connectivity index (χ1) is 35.6. The van der Waals surface area contributed by atoms with E-state index in [-0.39, 0.29) is 89.7 Å². The van der Waals surface area contributed by atoms with Crippen LogP contribution in [-0.2, 0) is 51.5 Å². The van der Waals surface area contributed by atoms with E-state index < -0.39 is 40.7 Å². The molecule has 0 aromatic heterocycles. The van der Waals surface area contributed by atoms with Crippen LogP contribution in [0, 0.1) is 23.7 Å². The van der Waals surface area contributed by atoms with Crippen LogP contribution in [0.15, 0.2) is 53.5 Å². The molecule has 8 aliphatic heterocycles. The summed E-state index contributed by atoms with van der Waals surface area (Å²) in [6.45, 7) is 35.4. The van der Waals surface area contributed by atoms with Crippen LogP contribution in [0.1, 0.15) is 156 Å². The van der Waals surface area contributed by atoms with Gasteiger partial charge in [0.05, 0.1) is 48.3 Å². The third-order valence-electron chi connectivity index (χ3n) is 19.3. The Bertz CT molecular complexity index is 2090. The molecule has 75 heavy (non-hydrogen) atoms. The highest BCUT2D eigenvalue weighted by atomic mass is 79.9. The molecule has 0 spiro atoms. The van der Waals surface area contributed by atoms with Crippen LogP contribution in [0.25, 0.3) is 0 Å². The highest BCUT2D eigenvalue weighted by Gasteiger charge is 2.69. The fourth-order valence-corrected chi connectivity index (χ4v) is 17.4. The zero-order chi connectivity index (χ0) is 54.0. The van der Waals surface area contributed by atoms with Crippen LogP contribution in [0.2, 0.25) is 36.3 Å². The lowest BCUT2D eigenvalue weighted by molar-refractivity contribution is -0.292. The molecule has 12 nitrogen and oxygen atoms in total. The molecule has 9 rings (SSSR count). The molecular weight excluding hydrogens is 1050 g/mol. The van der Waals surface area contributed by atoms with Gasteiger partial charge in [-0.1, -0.05) is 110 Å². The monoisotopic (exact) mass is 1140 g/mol. The Kier molecular flexibility index (Phi) is 19.9. The third kappa shape index (κ3) is 13.9.